The van der Waals surface area contributed by atoms with Crippen LogP contribution in [0, 0.1) is 3.57 Å². The summed E-state index contributed by atoms with van der Waals surface area (Å²) in [6, 6.07) is 12.6. The monoisotopic (exact) mass is 332 g/mol. The highest BCUT2D eigenvalue weighted by molar-refractivity contribution is 14.1. The summed E-state index contributed by atoms with van der Waals surface area (Å²) in [7, 11) is 0. The van der Waals surface area contributed by atoms with Gasteiger partial charge in [0.25, 0.3) is 0 Å². The van der Waals surface area contributed by atoms with Crippen molar-refractivity contribution in [2.24, 2.45) is 0 Å². The molecule has 0 unspecified atom stereocenters. The van der Waals surface area contributed by atoms with Gasteiger partial charge >= 0.3 is 0 Å². The molecular weight excluding hydrogens is 323 g/mol. The first kappa shape index (κ1) is 9.71. The van der Waals surface area contributed by atoms with Gasteiger partial charge < -0.3 is 4.74 Å². The van der Waals surface area contributed by atoms with Crippen LogP contribution in [-0.4, -0.2) is 0 Å². The zero-order valence-electron chi connectivity index (χ0n) is 9.03. The van der Waals surface area contributed by atoms with E-state index in [1.807, 2.05) is 6.07 Å². The summed E-state index contributed by atoms with van der Waals surface area (Å²) in [6.45, 7) is 0. The summed E-state index contributed by atoms with van der Waals surface area (Å²) >= 11 is 2.40. The van der Waals surface area contributed by atoms with Gasteiger partial charge in [-0.15, -0.1) is 0 Å². The van der Waals surface area contributed by atoms with Gasteiger partial charge in [-0.25, -0.2) is 0 Å². The van der Waals surface area contributed by atoms with E-state index in [4.69, 9.17) is 4.74 Å². The quantitative estimate of drug-likeness (QED) is 0.646. The first-order valence-electron chi connectivity index (χ1n) is 5.61. The largest absolute Gasteiger partial charge is 0.457 e. The Balaban J connectivity index is 2.06. The SMILES string of the molecule is Ic1ccc2c3c1CC(=C3)c1cccc(c1)O2. The van der Waals surface area contributed by atoms with Crippen molar-refractivity contribution >= 4 is 34.2 Å². The van der Waals surface area contributed by atoms with Gasteiger partial charge in [-0.05, 0) is 76.1 Å². The Kier molecular flexibility index (Phi) is 1.92. The van der Waals surface area contributed by atoms with Crippen molar-refractivity contribution in [2.45, 2.75) is 6.42 Å². The highest BCUT2D eigenvalue weighted by Crippen LogP contribution is 2.43. The van der Waals surface area contributed by atoms with E-state index >= 15 is 0 Å². The van der Waals surface area contributed by atoms with Crippen molar-refractivity contribution in [1.82, 2.24) is 0 Å². The molecule has 82 valence electrons. The second-order valence-electron chi connectivity index (χ2n) is 4.41. The molecule has 0 aromatic heterocycles. The average Bonchev–Trinajstić information content (AvgIpc) is 2.79. The normalized spacial score (nSPS) is 14.8. The molecular formula is C15H9IO. The molecule has 2 aromatic rings. The smallest absolute Gasteiger partial charge is 0.135 e. The molecule has 4 rings (SSSR count). The number of rotatable bonds is 0. The molecule has 17 heavy (non-hydrogen) atoms. The molecule has 0 fully saturated rings. The van der Waals surface area contributed by atoms with Gasteiger partial charge in [0.15, 0.2) is 0 Å². The number of halogens is 1. The van der Waals surface area contributed by atoms with E-state index in [-0.39, 0.29) is 0 Å². The first-order chi connectivity index (χ1) is 8.31. The molecule has 2 aromatic carbocycles. The number of ether oxygens (including phenoxy) is 1. The third-order valence-electron chi connectivity index (χ3n) is 3.38. The summed E-state index contributed by atoms with van der Waals surface area (Å²) in [6.07, 6.45) is 3.29. The zero-order valence-corrected chi connectivity index (χ0v) is 11.2. The van der Waals surface area contributed by atoms with Crippen LogP contribution in [0.1, 0.15) is 16.7 Å². The highest BCUT2D eigenvalue weighted by Gasteiger charge is 2.22. The topological polar surface area (TPSA) is 9.23 Å². The van der Waals surface area contributed by atoms with Crippen molar-refractivity contribution < 1.29 is 4.74 Å². The Hall–Kier alpha value is -1.29. The lowest BCUT2D eigenvalue weighted by Gasteiger charge is -2.12. The van der Waals surface area contributed by atoms with E-state index in [0.717, 1.165) is 17.9 Å². The van der Waals surface area contributed by atoms with Gasteiger partial charge in [0, 0.05) is 9.13 Å². The van der Waals surface area contributed by atoms with E-state index in [0.29, 0.717) is 0 Å². The second-order valence-corrected chi connectivity index (χ2v) is 5.58. The third-order valence-corrected chi connectivity index (χ3v) is 4.39. The Morgan fingerprint density at radius 1 is 1.12 bits per heavy atom. The summed E-state index contributed by atoms with van der Waals surface area (Å²) in [5.74, 6) is 1.91. The standard InChI is InChI=1S/C15H9IO/c16-14-4-5-15-13-8-10(7-12(13)14)9-2-1-3-11(6-9)17-15/h1-6,8H,7H2. The number of benzene rings is 2. The molecule has 0 N–H and O–H groups in total. The fourth-order valence-electron chi connectivity index (χ4n) is 2.53. The number of hydrogen-bond donors (Lipinski definition) is 0. The van der Waals surface area contributed by atoms with E-state index in [1.165, 1.54) is 25.8 Å². The van der Waals surface area contributed by atoms with Crippen LogP contribution in [0.4, 0.5) is 0 Å². The molecule has 2 aliphatic rings. The Morgan fingerprint density at radius 2 is 2.06 bits per heavy atom. The lowest BCUT2D eigenvalue weighted by atomic mass is 10.0. The van der Waals surface area contributed by atoms with Crippen LogP contribution in [0.2, 0.25) is 0 Å². The fourth-order valence-corrected chi connectivity index (χ4v) is 3.19. The molecule has 0 saturated carbocycles. The lowest BCUT2D eigenvalue weighted by molar-refractivity contribution is 0.481. The summed E-state index contributed by atoms with van der Waals surface area (Å²) in [5, 5.41) is 0. The minimum Gasteiger partial charge on any atom is -0.457 e. The van der Waals surface area contributed by atoms with Gasteiger partial charge in [0.2, 0.25) is 0 Å². The van der Waals surface area contributed by atoms with E-state index in [1.54, 1.807) is 0 Å². The van der Waals surface area contributed by atoms with Crippen LogP contribution in [0.15, 0.2) is 36.4 Å². The van der Waals surface area contributed by atoms with Gasteiger partial charge in [0.05, 0.1) is 0 Å². The van der Waals surface area contributed by atoms with Crippen molar-refractivity contribution in [3.63, 3.8) is 0 Å². The van der Waals surface area contributed by atoms with Crippen molar-refractivity contribution in [1.29, 1.82) is 0 Å². The fraction of sp³-hybridized carbons (Fsp3) is 0.0667. The summed E-state index contributed by atoms with van der Waals surface area (Å²) in [5.41, 5.74) is 5.34. The molecule has 0 radical (unpaired) electrons. The van der Waals surface area contributed by atoms with Crippen LogP contribution in [-0.2, 0) is 6.42 Å². The molecule has 0 atom stereocenters. The van der Waals surface area contributed by atoms with Crippen LogP contribution in [0.25, 0.3) is 11.6 Å². The van der Waals surface area contributed by atoms with Crippen LogP contribution in [0.5, 0.6) is 11.5 Å². The molecule has 4 bridgehead atoms. The van der Waals surface area contributed by atoms with Gasteiger partial charge in [-0.1, -0.05) is 12.1 Å². The molecule has 0 saturated heterocycles. The Bertz CT molecular complexity index is 671. The minimum absolute atomic E-state index is 0.934. The maximum Gasteiger partial charge on any atom is 0.135 e. The average molecular weight is 332 g/mol. The van der Waals surface area contributed by atoms with E-state index < -0.39 is 0 Å². The molecule has 0 spiro atoms. The number of fused-ring (bicyclic) bond motifs is 3. The third kappa shape index (κ3) is 1.37. The van der Waals surface area contributed by atoms with Crippen LogP contribution >= 0.6 is 22.6 Å². The lowest BCUT2D eigenvalue weighted by Crippen LogP contribution is -1.92. The molecule has 1 nitrogen and oxygen atoms in total. The Labute approximate surface area is 113 Å². The van der Waals surface area contributed by atoms with Crippen molar-refractivity contribution in [3.05, 3.63) is 56.7 Å². The van der Waals surface area contributed by atoms with Crippen molar-refractivity contribution in [3.8, 4) is 11.5 Å². The van der Waals surface area contributed by atoms with Gasteiger partial charge in [-0.3, -0.25) is 0 Å². The molecule has 1 aliphatic heterocycles. The van der Waals surface area contributed by atoms with Crippen LogP contribution < -0.4 is 4.74 Å². The highest BCUT2D eigenvalue weighted by atomic mass is 127. The molecule has 2 heteroatoms. The maximum absolute atomic E-state index is 5.96. The first-order valence-corrected chi connectivity index (χ1v) is 6.69. The van der Waals surface area contributed by atoms with Crippen molar-refractivity contribution in [2.75, 3.05) is 0 Å². The van der Waals surface area contributed by atoms with Gasteiger partial charge in [-0.2, -0.15) is 0 Å². The minimum atomic E-state index is 0.934. The van der Waals surface area contributed by atoms with Crippen LogP contribution in [0.3, 0.4) is 0 Å². The summed E-state index contributed by atoms with van der Waals surface area (Å²) in [4.78, 5) is 0. The van der Waals surface area contributed by atoms with E-state index in [9.17, 15) is 0 Å². The molecule has 1 heterocycles. The predicted molar refractivity (Wildman–Crippen MR) is 77.3 cm³/mol. The molecule has 0 amide bonds. The summed E-state index contributed by atoms with van der Waals surface area (Å²) < 4.78 is 7.28. The Morgan fingerprint density at radius 3 is 3.00 bits per heavy atom. The van der Waals surface area contributed by atoms with E-state index in [2.05, 4.69) is 59.0 Å². The second kappa shape index (κ2) is 3.35. The number of hydrogen-bond acceptors (Lipinski definition) is 1. The zero-order chi connectivity index (χ0) is 11.4. The molecule has 1 aliphatic carbocycles. The number of allylic oxidation sites excluding steroid dienone is 1. The predicted octanol–water partition coefficient (Wildman–Crippen LogP) is 4.49. The maximum atomic E-state index is 5.96. The van der Waals surface area contributed by atoms with Gasteiger partial charge in [0.1, 0.15) is 11.5 Å².